The minimum absolute atomic E-state index is 0.0596. The van der Waals surface area contributed by atoms with Gasteiger partial charge < -0.3 is 10.1 Å². The van der Waals surface area contributed by atoms with Gasteiger partial charge in [-0.1, -0.05) is 17.7 Å². The number of nitrogens with zero attached hydrogens (tertiary/aromatic N) is 1. The molecular formula is C17H13ClF2N2O5. The smallest absolute Gasteiger partial charge is 0.338 e. The van der Waals surface area contributed by atoms with Gasteiger partial charge in [-0.25, -0.2) is 13.6 Å². The molecule has 1 N–H and O–H groups in total. The Morgan fingerprint density at radius 2 is 1.96 bits per heavy atom. The van der Waals surface area contributed by atoms with Gasteiger partial charge in [0.15, 0.2) is 6.61 Å². The Balaban J connectivity index is 1.96. The predicted molar refractivity (Wildman–Crippen MR) is 91.3 cm³/mol. The lowest BCUT2D eigenvalue weighted by Gasteiger charge is -2.15. The van der Waals surface area contributed by atoms with Gasteiger partial charge in [0.25, 0.3) is 11.6 Å². The molecule has 0 aromatic heterocycles. The second-order valence-electron chi connectivity index (χ2n) is 5.45. The fourth-order valence-electron chi connectivity index (χ4n) is 2.21. The highest BCUT2D eigenvalue weighted by molar-refractivity contribution is 6.32. The number of benzene rings is 2. The molecule has 0 aliphatic rings. The Hall–Kier alpha value is -3.07. The lowest BCUT2D eigenvalue weighted by Crippen LogP contribution is -2.31. The quantitative estimate of drug-likeness (QED) is 0.455. The normalized spacial score (nSPS) is 11.6. The first kappa shape index (κ1) is 20.2. The summed E-state index contributed by atoms with van der Waals surface area (Å²) in [5.41, 5.74) is -0.572. The number of nitro benzene ring substituents is 1. The maximum Gasteiger partial charge on any atom is 0.338 e. The van der Waals surface area contributed by atoms with Gasteiger partial charge in [0.2, 0.25) is 0 Å². The molecule has 0 radical (unpaired) electrons. The number of nitro groups is 1. The van der Waals surface area contributed by atoms with Crippen molar-refractivity contribution >= 4 is 29.2 Å². The second-order valence-corrected chi connectivity index (χ2v) is 5.86. The summed E-state index contributed by atoms with van der Waals surface area (Å²) >= 11 is 5.65. The highest BCUT2D eigenvalue weighted by Gasteiger charge is 2.19. The predicted octanol–water partition coefficient (Wildman–Crippen LogP) is 3.56. The second kappa shape index (κ2) is 8.54. The molecule has 0 unspecified atom stereocenters. The number of carbonyl (C=O) groups excluding carboxylic acids is 2. The molecule has 0 aliphatic carbocycles. The largest absolute Gasteiger partial charge is 0.452 e. The third kappa shape index (κ3) is 5.20. The minimum Gasteiger partial charge on any atom is -0.452 e. The minimum atomic E-state index is -0.967. The van der Waals surface area contributed by atoms with Crippen molar-refractivity contribution in [3.63, 3.8) is 0 Å². The molecule has 0 spiro atoms. The van der Waals surface area contributed by atoms with Crippen molar-refractivity contribution < 1.29 is 28.0 Å². The summed E-state index contributed by atoms with van der Waals surface area (Å²) in [6.07, 6.45) is 0. The van der Waals surface area contributed by atoms with Gasteiger partial charge in [0.05, 0.1) is 16.5 Å². The molecule has 1 atom stereocenters. The lowest BCUT2D eigenvalue weighted by atomic mass is 10.1. The maximum absolute atomic E-state index is 13.7. The van der Waals surface area contributed by atoms with Gasteiger partial charge in [-0.15, -0.1) is 0 Å². The number of amides is 1. The molecule has 0 heterocycles. The molecule has 2 aromatic rings. The number of esters is 1. The number of rotatable bonds is 6. The van der Waals surface area contributed by atoms with Gasteiger partial charge in [-0.3, -0.25) is 14.9 Å². The van der Waals surface area contributed by atoms with Crippen LogP contribution in [-0.4, -0.2) is 23.4 Å². The van der Waals surface area contributed by atoms with Crippen LogP contribution in [0.1, 0.15) is 28.9 Å². The number of hydrogen-bond donors (Lipinski definition) is 1. The van der Waals surface area contributed by atoms with Crippen LogP contribution < -0.4 is 5.32 Å². The van der Waals surface area contributed by atoms with Crippen LogP contribution in [0.4, 0.5) is 14.5 Å². The topological polar surface area (TPSA) is 98.5 Å². The number of ether oxygens (including phenoxy) is 1. The Labute approximate surface area is 157 Å². The Morgan fingerprint density at radius 3 is 2.59 bits per heavy atom. The molecule has 27 heavy (non-hydrogen) atoms. The van der Waals surface area contributed by atoms with Crippen molar-refractivity contribution in [2.24, 2.45) is 0 Å². The van der Waals surface area contributed by atoms with Crippen molar-refractivity contribution in [1.29, 1.82) is 0 Å². The van der Waals surface area contributed by atoms with E-state index in [1.165, 1.54) is 19.1 Å². The van der Waals surface area contributed by atoms with E-state index in [2.05, 4.69) is 5.32 Å². The molecule has 7 nitrogen and oxygen atoms in total. The zero-order valence-electron chi connectivity index (χ0n) is 13.9. The van der Waals surface area contributed by atoms with Crippen molar-refractivity contribution in [3.05, 3.63) is 74.3 Å². The monoisotopic (exact) mass is 398 g/mol. The first-order valence-electron chi connectivity index (χ1n) is 7.54. The zero-order valence-corrected chi connectivity index (χ0v) is 14.6. The number of halogens is 3. The van der Waals surface area contributed by atoms with Crippen LogP contribution in [0.25, 0.3) is 0 Å². The molecule has 2 aromatic carbocycles. The lowest BCUT2D eigenvalue weighted by molar-refractivity contribution is -0.384. The van der Waals surface area contributed by atoms with E-state index in [0.717, 1.165) is 18.2 Å². The molecule has 0 fully saturated rings. The molecule has 0 bridgehead atoms. The van der Waals surface area contributed by atoms with Crippen LogP contribution >= 0.6 is 11.6 Å². The Bertz CT molecular complexity index is 907. The summed E-state index contributed by atoms with van der Waals surface area (Å²) < 4.78 is 31.4. The first-order valence-corrected chi connectivity index (χ1v) is 7.92. The zero-order chi connectivity index (χ0) is 20.1. The van der Waals surface area contributed by atoms with E-state index >= 15 is 0 Å². The van der Waals surface area contributed by atoms with Crippen molar-refractivity contribution in [1.82, 2.24) is 5.32 Å². The van der Waals surface area contributed by atoms with E-state index < -0.39 is 46.8 Å². The summed E-state index contributed by atoms with van der Waals surface area (Å²) in [5.74, 6) is -3.28. The van der Waals surface area contributed by atoms with Gasteiger partial charge in [-0.05, 0) is 25.1 Å². The van der Waals surface area contributed by atoms with Crippen LogP contribution in [0.2, 0.25) is 5.02 Å². The first-order chi connectivity index (χ1) is 12.7. The van der Waals surface area contributed by atoms with Crippen molar-refractivity contribution in [2.75, 3.05) is 6.61 Å². The molecule has 0 saturated carbocycles. The van der Waals surface area contributed by atoms with E-state index in [4.69, 9.17) is 16.3 Å². The molecule has 2 rings (SSSR count). The van der Waals surface area contributed by atoms with Gasteiger partial charge in [-0.2, -0.15) is 0 Å². The summed E-state index contributed by atoms with van der Waals surface area (Å²) in [5, 5.41) is 13.1. The van der Waals surface area contributed by atoms with Gasteiger partial charge in [0, 0.05) is 17.7 Å². The standard InChI is InChI=1S/C17H13ClF2N2O5/c1-9(12-4-3-11(19)7-14(12)20)21-16(23)8-27-17(24)10-2-5-13(18)15(6-10)22(25)26/h2-7,9H,8H2,1H3,(H,21,23)/t9-/m0/s1. The summed E-state index contributed by atoms with van der Waals surface area (Å²) in [6, 6.07) is 5.43. The average molecular weight is 399 g/mol. The third-order valence-electron chi connectivity index (χ3n) is 3.52. The number of carbonyl (C=O) groups is 2. The summed E-state index contributed by atoms with van der Waals surface area (Å²) in [4.78, 5) is 33.8. The Morgan fingerprint density at radius 1 is 1.26 bits per heavy atom. The number of hydrogen-bond acceptors (Lipinski definition) is 5. The fraction of sp³-hybridized carbons (Fsp3) is 0.176. The summed E-state index contributed by atoms with van der Waals surface area (Å²) in [6.45, 7) is 0.779. The Kier molecular flexibility index (Phi) is 6.40. The summed E-state index contributed by atoms with van der Waals surface area (Å²) in [7, 11) is 0. The fourth-order valence-corrected chi connectivity index (χ4v) is 2.39. The highest BCUT2D eigenvalue weighted by Crippen LogP contribution is 2.25. The van der Waals surface area contributed by atoms with E-state index in [-0.39, 0.29) is 16.1 Å². The maximum atomic E-state index is 13.7. The van der Waals surface area contributed by atoms with Gasteiger partial charge >= 0.3 is 5.97 Å². The SMILES string of the molecule is C[C@H](NC(=O)COC(=O)c1ccc(Cl)c([N+](=O)[O-])c1)c1ccc(F)cc1F. The third-order valence-corrected chi connectivity index (χ3v) is 3.84. The average Bonchev–Trinajstić information content (AvgIpc) is 2.59. The van der Waals surface area contributed by atoms with Crippen LogP contribution in [0.5, 0.6) is 0 Å². The molecule has 142 valence electrons. The molecule has 1 amide bonds. The van der Waals surface area contributed by atoms with E-state index in [0.29, 0.717) is 6.07 Å². The van der Waals surface area contributed by atoms with Crippen molar-refractivity contribution in [3.8, 4) is 0 Å². The van der Waals surface area contributed by atoms with Crippen LogP contribution in [0, 0.1) is 21.7 Å². The molecular weight excluding hydrogens is 386 g/mol. The van der Waals surface area contributed by atoms with Crippen LogP contribution in [0.3, 0.4) is 0 Å². The molecule has 0 aliphatic heterocycles. The van der Waals surface area contributed by atoms with Crippen molar-refractivity contribution in [2.45, 2.75) is 13.0 Å². The van der Waals surface area contributed by atoms with E-state index in [9.17, 15) is 28.5 Å². The van der Waals surface area contributed by atoms with Crippen LogP contribution in [0.15, 0.2) is 36.4 Å². The van der Waals surface area contributed by atoms with E-state index in [1.54, 1.807) is 0 Å². The van der Waals surface area contributed by atoms with Crippen LogP contribution in [-0.2, 0) is 9.53 Å². The highest BCUT2D eigenvalue weighted by atomic mass is 35.5. The number of nitrogens with one attached hydrogen (secondary N) is 1. The van der Waals surface area contributed by atoms with E-state index in [1.807, 2.05) is 0 Å². The molecule has 0 saturated heterocycles. The van der Waals surface area contributed by atoms with Gasteiger partial charge in [0.1, 0.15) is 16.7 Å². The molecule has 10 heteroatoms.